The smallest absolute Gasteiger partial charge is 0.252 e. The van der Waals surface area contributed by atoms with E-state index in [2.05, 4.69) is 9.88 Å². The molecule has 1 saturated carbocycles. The second-order valence-electron chi connectivity index (χ2n) is 6.57. The lowest BCUT2D eigenvalue weighted by Crippen LogP contribution is -2.51. The average Bonchev–Trinajstić information content (AvgIpc) is 2.47. The van der Waals surface area contributed by atoms with Crippen molar-refractivity contribution in [2.75, 3.05) is 31.1 Å². The summed E-state index contributed by atoms with van der Waals surface area (Å²) in [5.74, 6) is 0.724. The van der Waals surface area contributed by atoms with E-state index in [9.17, 15) is 9.59 Å². The highest BCUT2D eigenvalue weighted by atomic mass is 16.2. The van der Waals surface area contributed by atoms with E-state index in [1.807, 2.05) is 24.8 Å². The zero-order chi connectivity index (χ0) is 16.6. The van der Waals surface area contributed by atoms with E-state index >= 15 is 0 Å². The molecule has 0 bridgehead atoms. The number of rotatable bonds is 3. The molecule has 1 aromatic heterocycles. The van der Waals surface area contributed by atoms with E-state index in [-0.39, 0.29) is 5.92 Å². The standard InChI is InChI=1S/C17H24N4O2/c1-11-10-14(15(18)22)16(19-12(11)2)20-6-8-21(9-7-20)17(23)13-4-3-5-13/h10,13H,3-9H2,1-2H3,(H2,18,22). The fraction of sp³-hybridized carbons (Fsp3) is 0.588. The first-order chi connectivity index (χ1) is 11.0. The van der Waals surface area contributed by atoms with Crippen molar-refractivity contribution < 1.29 is 9.59 Å². The first-order valence-corrected chi connectivity index (χ1v) is 8.29. The summed E-state index contributed by atoms with van der Waals surface area (Å²) in [6, 6.07) is 1.81. The number of hydrogen-bond acceptors (Lipinski definition) is 4. The molecule has 0 spiro atoms. The molecule has 1 aromatic rings. The van der Waals surface area contributed by atoms with Crippen LogP contribution in [0.3, 0.4) is 0 Å². The van der Waals surface area contributed by atoms with E-state index in [0.717, 1.165) is 24.1 Å². The molecule has 0 aromatic carbocycles. The summed E-state index contributed by atoms with van der Waals surface area (Å²) in [5.41, 5.74) is 7.84. The number of anilines is 1. The van der Waals surface area contributed by atoms with Crippen molar-refractivity contribution in [3.8, 4) is 0 Å². The van der Waals surface area contributed by atoms with Crippen LogP contribution >= 0.6 is 0 Å². The lowest BCUT2D eigenvalue weighted by molar-refractivity contribution is -0.138. The summed E-state index contributed by atoms with van der Waals surface area (Å²) in [5, 5.41) is 0. The molecule has 2 fully saturated rings. The Morgan fingerprint density at radius 3 is 2.35 bits per heavy atom. The van der Waals surface area contributed by atoms with Crippen LogP contribution in [0.2, 0.25) is 0 Å². The molecule has 2 aliphatic rings. The van der Waals surface area contributed by atoms with Gasteiger partial charge >= 0.3 is 0 Å². The highest BCUT2D eigenvalue weighted by molar-refractivity contribution is 5.98. The maximum atomic E-state index is 12.3. The Hall–Kier alpha value is -2.11. The van der Waals surface area contributed by atoms with Gasteiger partial charge in [-0.3, -0.25) is 9.59 Å². The lowest BCUT2D eigenvalue weighted by atomic mass is 9.84. The molecule has 3 rings (SSSR count). The van der Waals surface area contributed by atoms with Gasteiger partial charge in [0.05, 0.1) is 5.56 Å². The maximum absolute atomic E-state index is 12.3. The van der Waals surface area contributed by atoms with Gasteiger partial charge in [0.15, 0.2) is 0 Å². The zero-order valence-electron chi connectivity index (χ0n) is 13.8. The summed E-state index contributed by atoms with van der Waals surface area (Å²) in [4.78, 5) is 32.6. The number of carbonyl (C=O) groups is 2. The third-order valence-electron chi connectivity index (χ3n) is 5.06. The number of aryl methyl sites for hydroxylation is 2. The van der Waals surface area contributed by atoms with Gasteiger partial charge in [0.1, 0.15) is 5.82 Å². The molecular weight excluding hydrogens is 292 g/mol. The largest absolute Gasteiger partial charge is 0.365 e. The molecule has 0 unspecified atom stereocenters. The molecule has 2 heterocycles. The van der Waals surface area contributed by atoms with Crippen LogP contribution in [0.5, 0.6) is 0 Å². The van der Waals surface area contributed by atoms with E-state index in [4.69, 9.17) is 5.73 Å². The number of nitrogens with zero attached hydrogens (tertiary/aromatic N) is 3. The number of hydrogen-bond donors (Lipinski definition) is 1. The van der Waals surface area contributed by atoms with Crippen LogP contribution in [-0.2, 0) is 4.79 Å². The SMILES string of the molecule is Cc1cc(C(N)=O)c(N2CCN(C(=O)C3CCC3)CC2)nc1C. The molecule has 6 nitrogen and oxygen atoms in total. The van der Waals surface area contributed by atoms with Crippen molar-refractivity contribution in [2.45, 2.75) is 33.1 Å². The van der Waals surface area contributed by atoms with Crippen molar-refractivity contribution in [2.24, 2.45) is 11.7 Å². The van der Waals surface area contributed by atoms with Crippen molar-refractivity contribution in [3.63, 3.8) is 0 Å². The number of primary amides is 1. The van der Waals surface area contributed by atoms with E-state index < -0.39 is 5.91 Å². The van der Waals surface area contributed by atoms with Gasteiger partial charge in [0.25, 0.3) is 5.91 Å². The van der Waals surface area contributed by atoms with Gasteiger partial charge in [-0.2, -0.15) is 0 Å². The fourth-order valence-electron chi connectivity index (χ4n) is 3.17. The summed E-state index contributed by atoms with van der Waals surface area (Å²) < 4.78 is 0. The second kappa shape index (κ2) is 6.18. The van der Waals surface area contributed by atoms with Crippen LogP contribution in [0.25, 0.3) is 0 Å². The molecule has 124 valence electrons. The normalized spacial score (nSPS) is 18.7. The van der Waals surface area contributed by atoms with E-state index in [0.29, 0.717) is 43.5 Å². The molecule has 1 aliphatic carbocycles. The van der Waals surface area contributed by atoms with Gasteiger partial charge in [0, 0.05) is 37.8 Å². The highest BCUT2D eigenvalue weighted by Gasteiger charge is 2.32. The fourth-order valence-corrected chi connectivity index (χ4v) is 3.17. The molecule has 1 aliphatic heterocycles. The molecule has 1 saturated heterocycles. The van der Waals surface area contributed by atoms with E-state index in [1.165, 1.54) is 6.42 Å². The predicted molar refractivity (Wildman–Crippen MR) is 88.4 cm³/mol. The number of nitrogens with two attached hydrogens (primary N) is 1. The zero-order valence-corrected chi connectivity index (χ0v) is 13.8. The Morgan fingerprint density at radius 2 is 1.83 bits per heavy atom. The number of carbonyl (C=O) groups excluding carboxylic acids is 2. The van der Waals surface area contributed by atoms with Crippen molar-refractivity contribution in [3.05, 3.63) is 22.9 Å². The minimum absolute atomic E-state index is 0.238. The quantitative estimate of drug-likeness (QED) is 0.910. The van der Waals surface area contributed by atoms with Gasteiger partial charge in [-0.25, -0.2) is 4.98 Å². The molecule has 23 heavy (non-hydrogen) atoms. The van der Waals surface area contributed by atoms with Crippen LogP contribution in [0.4, 0.5) is 5.82 Å². The van der Waals surface area contributed by atoms with Gasteiger partial charge < -0.3 is 15.5 Å². The lowest BCUT2D eigenvalue weighted by Gasteiger charge is -2.39. The molecule has 0 atom stereocenters. The molecule has 2 amide bonds. The Bertz CT molecular complexity index is 632. The van der Waals surface area contributed by atoms with Crippen LogP contribution in [0.1, 0.15) is 40.9 Å². The third kappa shape index (κ3) is 3.02. The summed E-state index contributed by atoms with van der Waals surface area (Å²) in [6.45, 7) is 6.60. The monoisotopic (exact) mass is 316 g/mol. The van der Waals surface area contributed by atoms with E-state index in [1.54, 1.807) is 0 Å². The molecule has 2 N–H and O–H groups in total. The van der Waals surface area contributed by atoms with Gasteiger partial charge in [-0.1, -0.05) is 6.42 Å². The number of amides is 2. The summed E-state index contributed by atoms with van der Waals surface area (Å²) in [7, 11) is 0. The molecular formula is C17H24N4O2. The number of pyridine rings is 1. The van der Waals surface area contributed by atoms with Crippen LogP contribution < -0.4 is 10.6 Å². The van der Waals surface area contributed by atoms with Crippen molar-refractivity contribution in [1.82, 2.24) is 9.88 Å². The first-order valence-electron chi connectivity index (χ1n) is 8.29. The van der Waals surface area contributed by atoms with Gasteiger partial charge in [-0.05, 0) is 38.3 Å². The number of aromatic nitrogens is 1. The molecule has 6 heteroatoms. The summed E-state index contributed by atoms with van der Waals surface area (Å²) >= 11 is 0. The van der Waals surface area contributed by atoms with Crippen molar-refractivity contribution >= 4 is 17.6 Å². The predicted octanol–water partition coefficient (Wildman–Crippen LogP) is 1.25. The van der Waals surface area contributed by atoms with Gasteiger partial charge in [0.2, 0.25) is 5.91 Å². The van der Waals surface area contributed by atoms with Crippen molar-refractivity contribution in [1.29, 1.82) is 0 Å². The number of piperazine rings is 1. The van der Waals surface area contributed by atoms with Crippen LogP contribution in [0.15, 0.2) is 6.07 Å². The average molecular weight is 316 g/mol. The minimum atomic E-state index is -0.455. The van der Waals surface area contributed by atoms with Gasteiger partial charge in [-0.15, -0.1) is 0 Å². The Labute approximate surface area is 136 Å². The third-order valence-corrected chi connectivity index (χ3v) is 5.06. The topological polar surface area (TPSA) is 79.5 Å². The minimum Gasteiger partial charge on any atom is -0.365 e. The maximum Gasteiger partial charge on any atom is 0.252 e. The Kier molecular flexibility index (Phi) is 4.24. The second-order valence-corrected chi connectivity index (χ2v) is 6.57. The Morgan fingerprint density at radius 1 is 1.17 bits per heavy atom. The first kappa shape index (κ1) is 15.8. The van der Waals surface area contributed by atoms with Crippen LogP contribution in [0, 0.1) is 19.8 Å². The summed E-state index contributed by atoms with van der Waals surface area (Å²) in [6.07, 6.45) is 3.23. The highest BCUT2D eigenvalue weighted by Crippen LogP contribution is 2.29. The molecule has 0 radical (unpaired) electrons. The Balaban J connectivity index is 1.73. The van der Waals surface area contributed by atoms with Crippen LogP contribution in [-0.4, -0.2) is 47.9 Å².